The maximum absolute atomic E-state index is 12.9. The summed E-state index contributed by atoms with van der Waals surface area (Å²) in [6.45, 7) is -3.24. The van der Waals surface area contributed by atoms with E-state index in [1.54, 1.807) is 24.3 Å². The van der Waals surface area contributed by atoms with Crippen LogP contribution in [0.15, 0.2) is 65.8 Å². The first-order valence-electron chi connectivity index (χ1n) is 8.97. The van der Waals surface area contributed by atoms with Crippen LogP contribution in [-0.2, 0) is 27.9 Å². The van der Waals surface area contributed by atoms with Crippen molar-refractivity contribution in [2.24, 2.45) is 0 Å². The van der Waals surface area contributed by atoms with Gasteiger partial charge in [-0.15, -0.1) is 0 Å². The Morgan fingerprint density at radius 3 is 2.61 bits per heavy atom. The predicted octanol–water partition coefficient (Wildman–Crippen LogP) is 4.11. The first-order valence-corrected chi connectivity index (χ1v) is 10.8. The zero-order valence-corrected chi connectivity index (χ0v) is 17.9. The summed E-state index contributed by atoms with van der Waals surface area (Å²) in [5, 5.41) is -0.0353. The molecule has 0 N–H and O–H groups in total. The Labute approximate surface area is 182 Å². The number of hydrogen-bond donors (Lipinski definition) is 0. The van der Waals surface area contributed by atoms with Crippen molar-refractivity contribution >= 4 is 27.6 Å². The number of hydrogen-bond acceptors (Lipinski definition) is 5. The molecule has 2 aromatic carbocycles. The van der Waals surface area contributed by atoms with Gasteiger partial charge in [0.2, 0.25) is 10.0 Å². The number of ether oxygens (including phenoxy) is 1. The minimum Gasteiger partial charge on any atom is -0.454 e. The van der Waals surface area contributed by atoms with Gasteiger partial charge in [-0.25, -0.2) is 18.2 Å². The normalized spacial score (nSPS) is 11.8. The highest BCUT2D eigenvalue weighted by atomic mass is 35.5. The first kappa shape index (κ1) is 22.9. The highest BCUT2D eigenvalue weighted by Gasteiger charge is 2.24. The fourth-order valence-corrected chi connectivity index (χ4v) is 4.15. The van der Waals surface area contributed by atoms with E-state index in [1.165, 1.54) is 19.2 Å². The van der Waals surface area contributed by atoms with Gasteiger partial charge in [-0.1, -0.05) is 41.9 Å². The van der Waals surface area contributed by atoms with Gasteiger partial charge in [0.15, 0.2) is 5.82 Å². The van der Waals surface area contributed by atoms with E-state index in [0.29, 0.717) is 4.57 Å². The molecule has 164 valence electrons. The van der Waals surface area contributed by atoms with Crippen LogP contribution in [0.4, 0.5) is 8.78 Å². The lowest BCUT2D eigenvalue weighted by molar-refractivity contribution is 0.0376. The molecular formula is C20H18ClF2N3O4S. The second-order valence-corrected chi connectivity index (χ2v) is 8.94. The Kier molecular flexibility index (Phi) is 7.04. The third-order valence-corrected chi connectivity index (χ3v) is 6.53. The van der Waals surface area contributed by atoms with E-state index in [0.717, 1.165) is 28.3 Å². The second kappa shape index (κ2) is 9.54. The number of carbonyl (C=O) groups is 1. The minimum absolute atomic E-state index is 0.0353. The Morgan fingerprint density at radius 1 is 1.23 bits per heavy atom. The van der Waals surface area contributed by atoms with Gasteiger partial charge >= 0.3 is 12.5 Å². The number of benzene rings is 2. The molecule has 11 heteroatoms. The number of sulfonamides is 1. The summed E-state index contributed by atoms with van der Waals surface area (Å²) in [4.78, 5) is 16.0. The molecule has 31 heavy (non-hydrogen) atoms. The summed E-state index contributed by atoms with van der Waals surface area (Å²) < 4.78 is 58.3. The topological polar surface area (TPSA) is 81.5 Å². The van der Waals surface area contributed by atoms with E-state index in [1.807, 2.05) is 6.07 Å². The van der Waals surface area contributed by atoms with E-state index in [2.05, 4.69) is 4.98 Å². The highest BCUT2D eigenvalue weighted by molar-refractivity contribution is 7.89. The van der Waals surface area contributed by atoms with Gasteiger partial charge in [-0.3, -0.25) is 4.57 Å². The summed E-state index contributed by atoms with van der Waals surface area (Å²) in [5.41, 5.74) is 0.586. The molecule has 0 amide bonds. The zero-order chi connectivity index (χ0) is 22.6. The Morgan fingerprint density at radius 2 is 1.94 bits per heavy atom. The molecule has 7 nitrogen and oxygen atoms in total. The van der Waals surface area contributed by atoms with Gasteiger partial charge in [0.05, 0.1) is 15.5 Å². The van der Waals surface area contributed by atoms with Gasteiger partial charge in [0, 0.05) is 26.0 Å². The summed E-state index contributed by atoms with van der Waals surface area (Å²) >= 11 is 6.04. The molecule has 0 bridgehead atoms. The standard InChI is InChI=1S/C20H18ClF2N3O4S/c1-25(12-14-5-3-2-4-6-14)31(28,29)15-7-8-17(21)16(11-15)19(27)30-13-18-24-9-10-26(18)20(22)23/h2-11,20H,12-13H2,1H3. The van der Waals surface area contributed by atoms with Crippen molar-refractivity contribution in [1.29, 1.82) is 0 Å². The van der Waals surface area contributed by atoms with Crippen molar-refractivity contribution in [1.82, 2.24) is 13.9 Å². The monoisotopic (exact) mass is 469 g/mol. The Balaban J connectivity index is 1.78. The number of carbonyl (C=O) groups excluding carboxylic acids is 1. The Hall–Kier alpha value is -2.82. The molecule has 0 radical (unpaired) electrons. The summed E-state index contributed by atoms with van der Waals surface area (Å²) in [6, 6.07) is 12.6. The van der Waals surface area contributed by atoms with Crippen LogP contribution in [0.25, 0.3) is 0 Å². The second-order valence-electron chi connectivity index (χ2n) is 6.49. The molecule has 1 heterocycles. The van der Waals surface area contributed by atoms with Crippen molar-refractivity contribution in [3.8, 4) is 0 Å². The molecule has 0 unspecified atom stereocenters. The number of imidazole rings is 1. The molecule has 0 saturated heterocycles. The van der Waals surface area contributed by atoms with Gasteiger partial charge in [0.25, 0.3) is 0 Å². The molecule has 1 aromatic heterocycles. The molecule has 0 spiro atoms. The molecular weight excluding hydrogens is 452 g/mol. The third kappa shape index (κ3) is 5.27. The van der Waals surface area contributed by atoms with Crippen molar-refractivity contribution in [2.75, 3.05) is 7.05 Å². The summed E-state index contributed by atoms with van der Waals surface area (Å²) in [6.07, 6.45) is 2.20. The SMILES string of the molecule is CN(Cc1ccccc1)S(=O)(=O)c1ccc(Cl)c(C(=O)OCc2nccn2C(F)F)c1. The minimum atomic E-state index is -3.93. The number of nitrogens with zero attached hydrogens (tertiary/aromatic N) is 3. The van der Waals surface area contributed by atoms with Gasteiger partial charge in [-0.2, -0.15) is 13.1 Å². The lowest BCUT2D eigenvalue weighted by atomic mass is 10.2. The molecule has 3 rings (SSSR count). The quantitative estimate of drug-likeness (QED) is 0.464. The maximum Gasteiger partial charge on any atom is 0.340 e. The fraction of sp³-hybridized carbons (Fsp3) is 0.200. The molecule has 3 aromatic rings. The largest absolute Gasteiger partial charge is 0.454 e. The van der Waals surface area contributed by atoms with E-state index in [9.17, 15) is 22.0 Å². The number of alkyl halides is 2. The van der Waals surface area contributed by atoms with Crippen LogP contribution in [0.1, 0.15) is 28.3 Å². The van der Waals surface area contributed by atoms with E-state index < -0.39 is 29.1 Å². The molecule has 0 saturated carbocycles. The van der Waals surface area contributed by atoms with Crippen molar-refractivity contribution < 1.29 is 26.7 Å². The van der Waals surface area contributed by atoms with E-state index in [4.69, 9.17) is 16.3 Å². The number of aromatic nitrogens is 2. The lowest BCUT2D eigenvalue weighted by Gasteiger charge is -2.18. The van der Waals surface area contributed by atoms with Crippen LogP contribution in [0.5, 0.6) is 0 Å². The van der Waals surface area contributed by atoms with Gasteiger partial charge < -0.3 is 4.74 Å². The van der Waals surface area contributed by atoms with Gasteiger partial charge in [0.1, 0.15) is 6.61 Å². The number of rotatable bonds is 8. The lowest BCUT2D eigenvalue weighted by Crippen LogP contribution is -2.26. The van der Waals surface area contributed by atoms with Crippen LogP contribution in [0.3, 0.4) is 0 Å². The van der Waals surface area contributed by atoms with E-state index >= 15 is 0 Å². The average Bonchev–Trinajstić information content (AvgIpc) is 3.22. The van der Waals surface area contributed by atoms with Crippen LogP contribution in [0, 0.1) is 0 Å². The zero-order valence-electron chi connectivity index (χ0n) is 16.3. The van der Waals surface area contributed by atoms with Crippen molar-refractivity contribution in [3.63, 3.8) is 0 Å². The summed E-state index contributed by atoms with van der Waals surface area (Å²) in [5.74, 6) is -1.12. The fourth-order valence-electron chi connectivity index (χ4n) is 2.77. The highest BCUT2D eigenvalue weighted by Crippen LogP contribution is 2.24. The Bertz CT molecular complexity index is 1170. The van der Waals surface area contributed by atoms with Crippen LogP contribution in [0.2, 0.25) is 5.02 Å². The third-order valence-electron chi connectivity index (χ3n) is 4.41. The predicted molar refractivity (Wildman–Crippen MR) is 109 cm³/mol. The maximum atomic E-state index is 12.9. The molecule has 0 aliphatic rings. The smallest absolute Gasteiger partial charge is 0.340 e. The number of halogens is 3. The molecule has 0 aliphatic heterocycles. The van der Waals surface area contributed by atoms with Crippen LogP contribution < -0.4 is 0 Å². The van der Waals surface area contributed by atoms with Crippen molar-refractivity contribution in [2.45, 2.75) is 24.6 Å². The summed E-state index contributed by atoms with van der Waals surface area (Å²) in [7, 11) is -2.52. The van der Waals surface area contributed by atoms with Crippen LogP contribution >= 0.6 is 11.6 Å². The molecule has 0 atom stereocenters. The molecule has 0 aliphatic carbocycles. The number of esters is 1. The first-order chi connectivity index (χ1) is 14.7. The molecule has 0 fully saturated rings. The van der Waals surface area contributed by atoms with Crippen molar-refractivity contribution in [3.05, 3.63) is 82.9 Å². The van der Waals surface area contributed by atoms with Crippen LogP contribution in [-0.4, -0.2) is 35.3 Å². The average molecular weight is 470 g/mol. The van der Waals surface area contributed by atoms with E-state index in [-0.39, 0.29) is 27.9 Å². The van der Waals surface area contributed by atoms with Gasteiger partial charge in [-0.05, 0) is 23.8 Å².